The number of hydrogen-bond acceptors (Lipinski definition) is 2. The Bertz CT molecular complexity index is 250. The van der Waals surface area contributed by atoms with Crippen molar-refractivity contribution in [3.63, 3.8) is 0 Å². The lowest BCUT2D eigenvalue weighted by Gasteiger charge is -2.05. The van der Waals surface area contributed by atoms with Crippen molar-refractivity contribution in [3.8, 4) is 0 Å². The normalized spacial score (nSPS) is 35.0. The van der Waals surface area contributed by atoms with Gasteiger partial charge in [0.15, 0.2) is 0 Å². The summed E-state index contributed by atoms with van der Waals surface area (Å²) >= 11 is 0. The van der Waals surface area contributed by atoms with Crippen LogP contribution in [0, 0.1) is 0 Å². The summed E-state index contributed by atoms with van der Waals surface area (Å²) in [6, 6.07) is 0. The Labute approximate surface area is 79.2 Å². The van der Waals surface area contributed by atoms with E-state index in [0.717, 1.165) is 12.8 Å². The maximum Gasteiger partial charge on any atom is 0.117 e. The lowest BCUT2D eigenvalue weighted by molar-refractivity contribution is -0.315. The molecule has 0 N–H and O–H groups in total. The Morgan fingerprint density at radius 2 is 1.69 bits per heavy atom. The molecular formula is C11H16O2. The summed E-state index contributed by atoms with van der Waals surface area (Å²) in [5, 5.41) is 0. The van der Waals surface area contributed by atoms with Crippen molar-refractivity contribution in [1.29, 1.82) is 0 Å². The summed E-state index contributed by atoms with van der Waals surface area (Å²) in [7, 11) is 0. The van der Waals surface area contributed by atoms with Gasteiger partial charge in [-0.05, 0) is 44.8 Å². The third-order valence-corrected chi connectivity index (χ3v) is 2.63. The molecule has 2 fully saturated rings. The van der Waals surface area contributed by atoms with Gasteiger partial charge in [-0.1, -0.05) is 11.6 Å². The Balaban J connectivity index is 2.28. The molecule has 1 aliphatic heterocycles. The van der Waals surface area contributed by atoms with Crippen LogP contribution in [0.25, 0.3) is 0 Å². The van der Waals surface area contributed by atoms with Gasteiger partial charge in [0.2, 0.25) is 0 Å². The third-order valence-electron chi connectivity index (χ3n) is 2.63. The van der Waals surface area contributed by atoms with E-state index in [9.17, 15) is 0 Å². The maximum atomic E-state index is 5.18. The second-order valence-electron chi connectivity index (χ2n) is 4.11. The molecule has 2 aliphatic rings. The van der Waals surface area contributed by atoms with Gasteiger partial charge in [-0.25, -0.2) is 9.78 Å². The average Bonchev–Trinajstić information content (AvgIpc) is 2.60. The van der Waals surface area contributed by atoms with Gasteiger partial charge in [0.05, 0.1) is 0 Å². The van der Waals surface area contributed by atoms with Crippen molar-refractivity contribution in [2.75, 3.05) is 0 Å². The van der Waals surface area contributed by atoms with Crippen molar-refractivity contribution in [3.05, 3.63) is 22.8 Å². The zero-order chi connectivity index (χ0) is 9.42. The minimum absolute atomic E-state index is 0.237. The first-order chi connectivity index (χ1) is 6.18. The zero-order valence-electron chi connectivity index (χ0n) is 8.46. The molecule has 0 amide bonds. The van der Waals surface area contributed by atoms with Crippen molar-refractivity contribution in [1.82, 2.24) is 0 Å². The van der Waals surface area contributed by atoms with Gasteiger partial charge in [-0.2, -0.15) is 0 Å². The van der Waals surface area contributed by atoms with Crippen LogP contribution in [0.5, 0.6) is 0 Å². The summed E-state index contributed by atoms with van der Waals surface area (Å²) in [6.07, 6.45) is 4.92. The summed E-state index contributed by atoms with van der Waals surface area (Å²) in [5.74, 6) is 0. The fraction of sp³-hybridized carbons (Fsp3) is 0.636. The number of rotatable bonds is 1. The van der Waals surface area contributed by atoms with E-state index in [2.05, 4.69) is 26.8 Å². The van der Waals surface area contributed by atoms with E-state index in [0.29, 0.717) is 0 Å². The largest absolute Gasteiger partial charge is 0.228 e. The molecule has 0 aromatic heterocycles. The molecule has 0 radical (unpaired) electrons. The number of hydrogen-bond donors (Lipinski definition) is 0. The van der Waals surface area contributed by atoms with E-state index in [4.69, 9.17) is 9.78 Å². The van der Waals surface area contributed by atoms with Crippen LogP contribution in [0.4, 0.5) is 0 Å². The average molecular weight is 180 g/mol. The summed E-state index contributed by atoms with van der Waals surface area (Å²) in [6.45, 7) is 6.37. The molecule has 0 aromatic carbocycles. The fourth-order valence-electron chi connectivity index (χ4n) is 2.18. The summed E-state index contributed by atoms with van der Waals surface area (Å²) in [4.78, 5) is 10.4. The van der Waals surface area contributed by atoms with Gasteiger partial charge in [0.1, 0.15) is 12.2 Å². The molecular weight excluding hydrogens is 164 g/mol. The van der Waals surface area contributed by atoms with E-state index in [-0.39, 0.29) is 12.2 Å². The van der Waals surface area contributed by atoms with Crippen LogP contribution in [0.2, 0.25) is 0 Å². The Morgan fingerprint density at radius 3 is 2.08 bits per heavy atom. The SMILES string of the molecule is CC(C)=CC(C)=C1[C@@H]2CC[C@H]1OO2. The van der Waals surface area contributed by atoms with Crippen LogP contribution < -0.4 is 0 Å². The minimum atomic E-state index is 0.237. The quantitative estimate of drug-likeness (QED) is 0.578. The monoisotopic (exact) mass is 180 g/mol. The highest BCUT2D eigenvalue weighted by Gasteiger charge is 2.40. The predicted molar refractivity (Wildman–Crippen MR) is 51.1 cm³/mol. The highest BCUT2D eigenvalue weighted by molar-refractivity contribution is 5.34. The highest BCUT2D eigenvalue weighted by atomic mass is 17.2. The van der Waals surface area contributed by atoms with Crippen molar-refractivity contribution in [2.45, 2.75) is 45.8 Å². The first kappa shape index (κ1) is 8.97. The molecule has 2 nitrogen and oxygen atoms in total. The van der Waals surface area contributed by atoms with Gasteiger partial charge in [-0.3, -0.25) is 0 Å². The topological polar surface area (TPSA) is 18.5 Å². The molecule has 2 rings (SSSR count). The van der Waals surface area contributed by atoms with Gasteiger partial charge < -0.3 is 0 Å². The van der Waals surface area contributed by atoms with Crippen molar-refractivity contribution >= 4 is 0 Å². The summed E-state index contributed by atoms with van der Waals surface area (Å²) < 4.78 is 0. The predicted octanol–water partition coefficient (Wildman–Crippen LogP) is 2.76. The van der Waals surface area contributed by atoms with Crippen LogP contribution in [-0.2, 0) is 9.78 Å². The maximum absolute atomic E-state index is 5.18. The highest BCUT2D eigenvalue weighted by Crippen LogP contribution is 2.39. The number of fused-ring (bicyclic) bond motifs is 2. The standard InChI is InChI=1S/C11H16O2/c1-7(2)6-8(3)11-9-4-5-10(11)13-12-9/h6,9-10H,4-5H2,1-3H3/t9-,10+. The molecule has 2 heteroatoms. The van der Waals surface area contributed by atoms with Gasteiger partial charge in [0.25, 0.3) is 0 Å². The van der Waals surface area contributed by atoms with E-state index >= 15 is 0 Å². The van der Waals surface area contributed by atoms with Crippen LogP contribution in [0.1, 0.15) is 33.6 Å². The Kier molecular flexibility index (Phi) is 2.26. The lowest BCUT2D eigenvalue weighted by Crippen LogP contribution is -2.05. The molecule has 0 aromatic rings. The van der Waals surface area contributed by atoms with E-state index in [1.54, 1.807) is 0 Å². The molecule has 13 heavy (non-hydrogen) atoms. The van der Waals surface area contributed by atoms with Crippen LogP contribution in [0.3, 0.4) is 0 Å². The van der Waals surface area contributed by atoms with Gasteiger partial charge >= 0.3 is 0 Å². The smallest absolute Gasteiger partial charge is 0.117 e. The van der Waals surface area contributed by atoms with E-state index in [1.807, 2.05) is 0 Å². The molecule has 1 saturated heterocycles. The molecule has 1 heterocycles. The van der Waals surface area contributed by atoms with Crippen LogP contribution in [0.15, 0.2) is 22.8 Å². The molecule has 2 atom stereocenters. The first-order valence-corrected chi connectivity index (χ1v) is 4.86. The van der Waals surface area contributed by atoms with Crippen LogP contribution >= 0.6 is 0 Å². The second kappa shape index (κ2) is 3.28. The third kappa shape index (κ3) is 1.56. The Morgan fingerprint density at radius 1 is 1.15 bits per heavy atom. The van der Waals surface area contributed by atoms with E-state index < -0.39 is 0 Å². The summed E-state index contributed by atoms with van der Waals surface area (Å²) in [5.41, 5.74) is 4.02. The number of allylic oxidation sites excluding steroid dienone is 3. The zero-order valence-corrected chi connectivity index (χ0v) is 8.46. The molecule has 0 spiro atoms. The van der Waals surface area contributed by atoms with Gasteiger partial charge in [-0.15, -0.1) is 0 Å². The Hall–Kier alpha value is -0.600. The second-order valence-corrected chi connectivity index (χ2v) is 4.11. The molecule has 2 bridgehead atoms. The van der Waals surface area contributed by atoms with Crippen molar-refractivity contribution in [2.24, 2.45) is 0 Å². The van der Waals surface area contributed by atoms with Gasteiger partial charge in [0, 0.05) is 0 Å². The molecule has 0 unspecified atom stereocenters. The van der Waals surface area contributed by atoms with E-state index in [1.165, 1.54) is 16.7 Å². The lowest BCUT2D eigenvalue weighted by atomic mass is 10.0. The van der Waals surface area contributed by atoms with Crippen LogP contribution in [-0.4, -0.2) is 12.2 Å². The molecule has 1 aliphatic carbocycles. The minimum Gasteiger partial charge on any atom is -0.228 e. The molecule has 1 saturated carbocycles. The molecule has 72 valence electrons. The first-order valence-electron chi connectivity index (χ1n) is 4.86. The fourth-order valence-corrected chi connectivity index (χ4v) is 2.18. The van der Waals surface area contributed by atoms with Crippen molar-refractivity contribution < 1.29 is 9.78 Å².